The third kappa shape index (κ3) is 4.06. The van der Waals surface area contributed by atoms with E-state index in [-0.39, 0.29) is 70.1 Å². The van der Waals surface area contributed by atoms with Crippen molar-refractivity contribution >= 4 is 6.98 Å². The van der Waals surface area contributed by atoms with Gasteiger partial charge in [-0.1, -0.05) is 0 Å². The average Bonchev–Trinajstić information content (AvgIpc) is 2.65. The van der Waals surface area contributed by atoms with Gasteiger partial charge in [0.15, 0.2) is 0 Å². The molecule has 1 heterocycles. The van der Waals surface area contributed by atoms with Gasteiger partial charge in [0.1, 0.15) is 0 Å². The molecule has 92 valence electrons. The van der Waals surface area contributed by atoms with Gasteiger partial charge in [0.25, 0.3) is 0 Å². The number of nitrogens with zero attached hydrogens (tertiary/aromatic N) is 1. The van der Waals surface area contributed by atoms with Gasteiger partial charge in [-0.2, -0.15) is 0 Å². The molecule has 7 heteroatoms. The summed E-state index contributed by atoms with van der Waals surface area (Å²) in [6.45, 7) is -0.661. The van der Waals surface area contributed by atoms with Crippen molar-refractivity contribution in [2.45, 2.75) is 31.4 Å². The quantitative estimate of drug-likeness (QED) is 0.623. The molecule has 1 aliphatic carbocycles. The predicted octanol–water partition coefficient (Wildman–Crippen LogP) is -0.813. The fraction of sp³-hybridized carbons (Fsp3) is 0.800. The molecule has 17 heavy (non-hydrogen) atoms. The van der Waals surface area contributed by atoms with Crippen molar-refractivity contribution in [2.75, 3.05) is 19.7 Å². The van der Waals surface area contributed by atoms with Gasteiger partial charge < -0.3 is 17.7 Å². The average molecular weight is 273 g/mol. The van der Waals surface area contributed by atoms with Crippen LogP contribution in [-0.4, -0.2) is 43.7 Å². The Hall–Kier alpha value is 1.15. The minimum atomic E-state index is -4.90. The largest absolute Gasteiger partial charge is 1.00 e. The van der Waals surface area contributed by atoms with E-state index in [4.69, 9.17) is 4.74 Å². The smallest absolute Gasteiger partial charge is 0.445 e. The molecule has 2 aliphatic rings. The monoisotopic (exact) mass is 273 g/mol. The molecule has 0 aromatic carbocycles. The van der Waals surface area contributed by atoms with Crippen LogP contribution in [-0.2, 0) is 4.74 Å². The van der Waals surface area contributed by atoms with E-state index >= 15 is 0 Å². The van der Waals surface area contributed by atoms with Crippen molar-refractivity contribution in [3.8, 4) is 0 Å². The molecular weight excluding hydrogens is 257 g/mol. The number of hydrogen-bond donors (Lipinski definition) is 0. The van der Waals surface area contributed by atoms with Crippen LogP contribution >= 0.6 is 0 Å². The molecule has 0 N–H and O–H groups in total. The van der Waals surface area contributed by atoms with Crippen LogP contribution in [0.3, 0.4) is 0 Å². The number of ether oxygens (including phenoxy) is 1. The molecule has 2 nitrogen and oxygen atoms in total. The number of halogens is 3. The van der Waals surface area contributed by atoms with Crippen LogP contribution in [0.4, 0.5) is 12.9 Å². The number of rotatable bonds is 3. The van der Waals surface area contributed by atoms with Crippen molar-refractivity contribution in [3.05, 3.63) is 12.1 Å². The first-order valence-corrected chi connectivity index (χ1v) is 5.72. The summed E-state index contributed by atoms with van der Waals surface area (Å²) in [7, 11) is 0. The van der Waals surface area contributed by atoms with E-state index in [9.17, 15) is 12.9 Å². The van der Waals surface area contributed by atoms with E-state index in [0.717, 1.165) is 19.3 Å². The number of fused-ring (bicyclic) bond motifs is 1. The maximum absolute atomic E-state index is 12.5. The third-order valence-electron chi connectivity index (χ3n) is 3.47. The van der Waals surface area contributed by atoms with Crippen molar-refractivity contribution in [2.24, 2.45) is 0 Å². The molecule has 1 saturated carbocycles. The van der Waals surface area contributed by atoms with Gasteiger partial charge in [0, 0.05) is 12.6 Å². The van der Waals surface area contributed by atoms with Gasteiger partial charge in [-0.3, -0.25) is 4.90 Å². The number of hydrogen-bond acceptors (Lipinski definition) is 2. The third-order valence-corrected chi connectivity index (χ3v) is 3.47. The van der Waals surface area contributed by atoms with Crippen LogP contribution in [0.1, 0.15) is 19.3 Å². The number of morpholine rings is 1. The van der Waals surface area contributed by atoms with Crippen molar-refractivity contribution in [1.29, 1.82) is 0 Å². The first kappa shape index (κ1) is 16.2. The van der Waals surface area contributed by atoms with Crippen LogP contribution in [0.15, 0.2) is 12.1 Å². The zero-order valence-electron chi connectivity index (χ0n) is 10.2. The molecular formula is C10H16BF3KNO. The molecule has 0 radical (unpaired) electrons. The van der Waals surface area contributed by atoms with Crippen molar-refractivity contribution in [1.82, 2.24) is 4.90 Å². The summed E-state index contributed by atoms with van der Waals surface area (Å²) in [5.74, 6) is 0. The molecule has 0 amide bonds. The second-order valence-corrected chi connectivity index (χ2v) is 4.61. The summed E-state index contributed by atoms with van der Waals surface area (Å²) in [6.07, 6.45) is 3.12. The molecule has 2 fully saturated rings. The van der Waals surface area contributed by atoms with Crippen LogP contribution in [0.2, 0.25) is 0 Å². The zero-order valence-corrected chi connectivity index (χ0v) is 13.3. The second-order valence-electron chi connectivity index (χ2n) is 4.61. The summed E-state index contributed by atoms with van der Waals surface area (Å²) >= 11 is 0. The molecule has 0 aromatic rings. The maximum Gasteiger partial charge on any atom is 1.00 e. The Bertz CT molecular complexity index is 287. The van der Waals surface area contributed by atoms with Crippen LogP contribution in [0.5, 0.6) is 0 Å². The molecule has 0 spiro atoms. The summed E-state index contributed by atoms with van der Waals surface area (Å²) in [4.78, 5) is 1.89. The minimum absolute atomic E-state index is 0. The second kappa shape index (κ2) is 6.54. The SMILES string of the molecule is C=C(CN1CCOC2CCCC21)[B-](F)(F)F.[K+]. The molecule has 1 saturated heterocycles. The Balaban J connectivity index is 0.00000144. The summed E-state index contributed by atoms with van der Waals surface area (Å²) in [5, 5.41) is 0. The fourth-order valence-corrected chi connectivity index (χ4v) is 2.57. The van der Waals surface area contributed by atoms with Crippen LogP contribution in [0, 0.1) is 0 Å². The first-order chi connectivity index (χ1) is 7.48. The maximum atomic E-state index is 12.5. The minimum Gasteiger partial charge on any atom is -0.445 e. The summed E-state index contributed by atoms with van der Waals surface area (Å²) < 4.78 is 42.9. The Kier molecular flexibility index (Phi) is 6.24. The van der Waals surface area contributed by atoms with Gasteiger partial charge in [-0.05, 0) is 25.8 Å². The Labute approximate surface area is 142 Å². The van der Waals surface area contributed by atoms with Crippen molar-refractivity contribution in [3.63, 3.8) is 0 Å². The Morgan fingerprint density at radius 3 is 2.71 bits per heavy atom. The van der Waals surface area contributed by atoms with Crippen LogP contribution in [0.25, 0.3) is 0 Å². The molecule has 0 bridgehead atoms. The van der Waals surface area contributed by atoms with Gasteiger partial charge in [-0.25, -0.2) is 0 Å². The molecule has 2 rings (SSSR count). The Morgan fingerprint density at radius 1 is 1.35 bits per heavy atom. The first-order valence-electron chi connectivity index (χ1n) is 5.72. The van der Waals surface area contributed by atoms with Crippen LogP contribution < -0.4 is 51.4 Å². The fourth-order valence-electron chi connectivity index (χ4n) is 2.57. The topological polar surface area (TPSA) is 12.5 Å². The zero-order chi connectivity index (χ0) is 11.8. The molecule has 2 unspecified atom stereocenters. The van der Waals surface area contributed by atoms with Gasteiger partial charge in [-0.15, -0.1) is 12.1 Å². The normalized spacial score (nSPS) is 29.6. The molecule has 0 aromatic heterocycles. The predicted molar refractivity (Wildman–Crippen MR) is 57.2 cm³/mol. The summed E-state index contributed by atoms with van der Waals surface area (Å²) in [6, 6.07) is 0.170. The van der Waals surface area contributed by atoms with E-state index < -0.39 is 12.4 Å². The Morgan fingerprint density at radius 2 is 2.06 bits per heavy atom. The van der Waals surface area contributed by atoms with E-state index in [0.29, 0.717) is 13.2 Å². The van der Waals surface area contributed by atoms with E-state index in [2.05, 4.69) is 6.58 Å². The van der Waals surface area contributed by atoms with Gasteiger partial charge >= 0.3 is 58.4 Å². The van der Waals surface area contributed by atoms with E-state index in [1.165, 1.54) is 0 Å². The van der Waals surface area contributed by atoms with Gasteiger partial charge in [0.05, 0.1) is 12.7 Å². The van der Waals surface area contributed by atoms with E-state index in [1.54, 1.807) is 0 Å². The molecule has 2 atom stereocenters. The van der Waals surface area contributed by atoms with Gasteiger partial charge in [0.2, 0.25) is 0 Å². The molecule has 1 aliphatic heterocycles. The van der Waals surface area contributed by atoms with E-state index in [1.807, 2.05) is 4.90 Å². The summed E-state index contributed by atoms with van der Waals surface area (Å²) in [5.41, 5.74) is -0.590. The standard InChI is InChI=1S/C10H16BF3NO.K/c1-8(11(12,13)14)7-15-5-6-16-10-4-2-3-9(10)15;/h9-10H,1-7H2;/q-1;+1. The van der Waals surface area contributed by atoms with Crippen molar-refractivity contribution < 1.29 is 69.1 Å².